The molecule has 0 heterocycles. The molecule has 0 saturated heterocycles. The van der Waals surface area contributed by atoms with Crippen LogP contribution in [-0.2, 0) is 9.05 Å². The first-order valence-electron chi connectivity index (χ1n) is 4.17. The van der Waals surface area contributed by atoms with E-state index in [-0.39, 0.29) is 0 Å². The molecular weight excluding hydrogens is 240 g/mol. The quantitative estimate of drug-likeness (QED) is 0.818. The number of hydrogen-bond acceptors (Lipinski definition) is 4. The maximum absolute atomic E-state index is 10.8. The van der Waals surface area contributed by atoms with Crippen molar-refractivity contribution in [2.45, 2.75) is 6.10 Å². The summed E-state index contributed by atoms with van der Waals surface area (Å²) in [6, 6.07) is 6.64. The first-order valence-corrected chi connectivity index (χ1v) is 6.65. The van der Waals surface area contributed by atoms with Gasteiger partial charge in [-0.05, 0) is 6.07 Å². The topological polar surface area (TPSA) is 63.6 Å². The molecule has 0 aliphatic rings. The summed E-state index contributed by atoms with van der Waals surface area (Å²) < 4.78 is 26.5. The fraction of sp³-hybridized carbons (Fsp3) is 0.333. The third-order valence-corrected chi connectivity index (χ3v) is 2.95. The summed E-state index contributed by atoms with van der Waals surface area (Å²) in [5.74, 6) is -0.0973. The van der Waals surface area contributed by atoms with Gasteiger partial charge in [-0.2, -0.15) is 0 Å². The summed E-state index contributed by atoms with van der Waals surface area (Å²) in [6.07, 6.45) is -1.18. The second-order valence-corrected chi connectivity index (χ2v) is 5.78. The third kappa shape index (κ3) is 3.70. The minimum atomic E-state index is -3.73. The Morgan fingerprint density at radius 3 is 2.60 bits per heavy atom. The number of halogens is 1. The summed E-state index contributed by atoms with van der Waals surface area (Å²) in [6.45, 7) is 0. The lowest BCUT2D eigenvalue weighted by molar-refractivity contribution is 0.197. The van der Waals surface area contributed by atoms with E-state index in [1.165, 1.54) is 7.11 Å². The van der Waals surface area contributed by atoms with Crippen molar-refractivity contribution < 1.29 is 18.3 Å². The van der Waals surface area contributed by atoms with Crippen LogP contribution in [0.25, 0.3) is 0 Å². The van der Waals surface area contributed by atoms with Gasteiger partial charge in [-0.15, -0.1) is 0 Å². The smallest absolute Gasteiger partial charge is 0.235 e. The molecule has 4 nitrogen and oxygen atoms in total. The van der Waals surface area contributed by atoms with Gasteiger partial charge in [-0.1, -0.05) is 18.2 Å². The Hall–Kier alpha value is -0.780. The Labute approximate surface area is 92.9 Å². The molecule has 1 aromatic carbocycles. The molecule has 0 fully saturated rings. The molecule has 0 aliphatic carbocycles. The number of aliphatic hydroxyl groups is 1. The van der Waals surface area contributed by atoms with Crippen molar-refractivity contribution in [1.29, 1.82) is 0 Å². The SMILES string of the molecule is COc1ccccc1C(O)CS(=O)(=O)Cl. The van der Waals surface area contributed by atoms with Crippen LogP contribution in [0.1, 0.15) is 11.7 Å². The zero-order chi connectivity index (χ0) is 11.5. The van der Waals surface area contributed by atoms with Gasteiger partial charge >= 0.3 is 0 Å². The van der Waals surface area contributed by atoms with Crippen LogP contribution >= 0.6 is 10.7 Å². The molecule has 6 heteroatoms. The predicted molar refractivity (Wildman–Crippen MR) is 57.6 cm³/mol. The van der Waals surface area contributed by atoms with Crippen LogP contribution in [-0.4, -0.2) is 26.4 Å². The van der Waals surface area contributed by atoms with Crippen LogP contribution in [0.4, 0.5) is 0 Å². The lowest BCUT2D eigenvalue weighted by atomic mass is 10.1. The Morgan fingerprint density at radius 1 is 1.47 bits per heavy atom. The van der Waals surface area contributed by atoms with Gasteiger partial charge in [0.15, 0.2) is 0 Å². The fourth-order valence-corrected chi connectivity index (χ4v) is 2.13. The number of ether oxygens (including phenoxy) is 1. The predicted octanol–water partition coefficient (Wildman–Crippen LogP) is 1.30. The summed E-state index contributed by atoms with van der Waals surface area (Å²) in [7, 11) is 2.76. The van der Waals surface area contributed by atoms with E-state index in [1.807, 2.05) is 0 Å². The molecule has 0 bridgehead atoms. The summed E-state index contributed by atoms with van der Waals surface area (Å²) in [4.78, 5) is 0. The van der Waals surface area contributed by atoms with Crippen molar-refractivity contribution in [2.24, 2.45) is 0 Å². The van der Waals surface area contributed by atoms with Crippen LogP contribution < -0.4 is 4.74 Å². The maximum atomic E-state index is 10.8. The molecule has 1 atom stereocenters. The van der Waals surface area contributed by atoms with E-state index in [0.717, 1.165) is 0 Å². The van der Waals surface area contributed by atoms with Crippen LogP contribution in [0.2, 0.25) is 0 Å². The minimum Gasteiger partial charge on any atom is -0.496 e. The van der Waals surface area contributed by atoms with Crippen molar-refractivity contribution in [3.8, 4) is 5.75 Å². The highest BCUT2D eigenvalue weighted by molar-refractivity contribution is 8.13. The number of rotatable bonds is 4. The summed E-state index contributed by atoms with van der Waals surface area (Å²) in [5.41, 5.74) is 0.407. The largest absolute Gasteiger partial charge is 0.496 e. The standard InChI is InChI=1S/C9H11ClO4S/c1-14-9-5-3-2-4-7(9)8(11)6-15(10,12)13/h2-5,8,11H,6H2,1H3. The van der Waals surface area contributed by atoms with Crippen molar-refractivity contribution >= 4 is 19.7 Å². The van der Waals surface area contributed by atoms with Crippen LogP contribution in [0, 0.1) is 0 Å². The molecule has 0 spiro atoms. The Bertz CT molecular complexity index is 429. The van der Waals surface area contributed by atoms with E-state index in [4.69, 9.17) is 15.4 Å². The van der Waals surface area contributed by atoms with Gasteiger partial charge < -0.3 is 9.84 Å². The molecule has 1 aromatic rings. The van der Waals surface area contributed by atoms with E-state index in [2.05, 4.69) is 0 Å². The van der Waals surface area contributed by atoms with Gasteiger partial charge in [0.05, 0.1) is 19.0 Å². The van der Waals surface area contributed by atoms with Crippen LogP contribution in [0.5, 0.6) is 5.75 Å². The number of hydrogen-bond donors (Lipinski definition) is 1. The summed E-state index contributed by atoms with van der Waals surface area (Å²) in [5, 5.41) is 9.62. The van der Waals surface area contributed by atoms with E-state index in [9.17, 15) is 13.5 Å². The van der Waals surface area contributed by atoms with Gasteiger partial charge in [-0.3, -0.25) is 0 Å². The molecule has 1 unspecified atom stereocenters. The number of methoxy groups -OCH3 is 1. The minimum absolute atomic E-state index is 0.407. The summed E-state index contributed by atoms with van der Waals surface area (Å²) >= 11 is 0. The molecule has 0 aromatic heterocycles. The van der Waals surface area contributed by atoms with E-state index in [1.54, 1.807) is 24.3 Å². The number of benzene rings is 1. The maximum Gasteiger partial charge on any atom is 0.235 e. The zero-order valence-corrected chi connectivity index (χ0v) is 9.62. The Morgan fingerprint density at radius 2 is 2.07 bits per heavy atom. The van der Waals surface area contributed by atoms with Crippen LogP contribution in [0.3, 0.4) is 0 Å². The second-order valence-electron chi connectivity index (χ2n) is 2.96. The molecular formula is C9H11ClO4S. The van der Waals surface area contributed by atoms with Crippen molar-refractivity contribution in [2.75, 3.05) is 12.9 Å². The highest BCUT2D eigenvalue weighted by Crippen LogP contribution is 2.26. The molecule has 1 rings (SSSR count). The average molecular weight is 251 g/mol. The third-order valence-electron chi connectivity index (χ3n) is 1.85. The Kier molecular flexibility index (Phi) is 3.96. The van der Waals surface area contributed by atoms with E-state index in [0.29, 0.717) is 11.3 Å². The molecule has 0 saturated carbocycles. The second kappa shape index (κ2) is 4.83. The van der Waals surface area contributed by atoms with E-state index >= 15 is 0 Å². The van der Waals surface area contributed by atoms with Gasteiger partial charge in [0.2, 0.25) is 9.05 Å². The van der Waals surface area contributed by atoms with Gasteiger partial charge in [-0.25, -0.2) is 8.42 Å². The number of para-hydroxylation sites is 1. The van der Waals surface area contributed by atoms with Gasteiger partial charge in [0.25, 0.3) is 0 Å². The first-order chi connectivity index (χ1) is 6.94. The molecule has 1 N–H and O–H groups in total. The van der Waals surface area contributed by atoms with Crippen molar-refractivity contribution in [3.05, 3.63) is 29.8 Å². The average Bonchev–Trinajstić information content (AvgIpc) is 2.15. The number of aliphatic hydroxyl groups excluding tert-OH is 1. The highest BCUT2D eigenvalue weighted by atomic mass is 35.7. The monoisotopic (exact) mass is 250 g/mol. The normalized spacial score (nSPS) is 13.5. The van der Waals surface area contributed by atoms with Gasteiger partial charge in [0, 0.05) is 16.2 Å². The van der Waals surface area contributed by atoms with Gasteiger partial charge in [0.1, 0.15) is 5.75 Å². The molecule has 0 aliphatic heterocycles. The Balaban J connectivity index is 2.95. The first kappa shape index (κ1) is 12.3. The van der Waals surface area contributed by atoms with Crippen molar-refractivity contribution in [3.63, 3.8) is 0 Å². The molecule has 0 amide bonds. The lowest BCUT2D eigenvalue weighted by Gasteiger charge is -2.12. The van der Waals surface area contributed by atoms with E-state index < -0.39 is 20.9 Å². The molecule has 0 radical (unpaired) electrons. The lowest BCUT2D eigenvalue weighted by Crippen LogP contribution is -2.10. The molecule has 84 valence electrons. The van der Waals surface area contributed by atoms with Crippen LogP contribution in [0.15, 0.2) is 24.3 Å². The molecule has 15 heavy (non-hydrogen) atoms. The fourth-order valence-electron chi connectivity index (χ4n) is 1.22. The zero-order valence-electron chi connectivity index (χ0n) is 8.05. The van der Waals surface area contributed by atoms with Crippen molar-refractivity contribution in [1.82, 2.24) is 0 Å². The highest BCUT2D eigenvalue weighted by Gasteiger charge is 2.19.